The van der Waals surface area contributed by atoms with E-state index in [2.05, 4.69) is 37.2 Å². The molecule has 3 N–H and O–H groups in total. The molecule has 1 aromatic carbocycles. The first-order valence-electron chi connectivity index (χ1n) is 5.48. The van der Waals surface area contributed by atoms with E-state index in [0.29, 0.717) is 6.07 Å². The zero-order valence-corrected chi connectivity index (χ0v) is 15.8. The van der Waals surface area contributed by atoms with Gasteiger partial charge in [-0.2, -0.15) is 16.8 Å². The van der Waals surface area contributed by atoms with Gasteiger partial charge in [-0.25, -0.2) is 0 Å². The zero-order chi connectivity index (χ0) is 17.3. The van der Waals surface area contributed by atoms with Crippen molar-refractivity contribution in [3.63, 3.8) is 0 Å². The fraction of sp³-hybridized carbons (Fsp3) is 0.300. The number of aryl methyl sites for hydroxylation is 1. The SMILES string of the molecule is Cc1cc(NC(=O)C(Br)CBr)c(S(=O)(=O)O)cc1S(=O)(=O)O. The number of rotatable bonds is 5. The molecule has 1 atom stereocenters. The number of hydrogen-bond acceptors (Lipinski definition) is 5. The molecule has 1 amide bonds. The van der Waals surface area contributed by atoms with Crippen LogP contribution in [0.4, 0.5) is 5.69 Å². The molecule has 12 heteroatoms. The average Bonchev–Trinajstić information content (AvgIpc) is 2.34. The summed E-state index contributed by atoms with van der Waals surface area (Å²) in [7, 11) is -9.52. The van der Waals surface area contributed by atoms with Crippen LogP contribution in [0.25, 0.3) is 0 Å². The lowest BCUT2D eigenvalue weighted by atomic mass is 10.2. The minimum Gasteiger partial charge on any atom is -0.324 e. The van der Waals surface area contributed by atoms with Gasteiger partial charge in [0.25, 0.3) is 20.2 Å². The molecule has 0 aliphatic heterocycles. The molecule has 0 bridgehead atoms. The molecule has 0 aromatic heterocycles. The molecule has 0 saturated carbocycles. The molecule has 0 saturated heterocycles. The van der Waals surface area contributed by atoms with Gasteiger partial charge in [-0.3, -0.25) is 13.9 Å². The average molecular weight is 481 g/mol. The molecule has 124 valence electrons. The predicted molar refractivity (Wildman–Crippen MR) is 85.9 cm³/mol. The van der Waals surface area contributed by atoms with Crippen molar-refractivity contribution < 1.29 is 30.7 Å². The Morgan fingerprint density at radius 2 is 1.68 bits per heavy atom. The molecule has 0 heterocycles. The van der Waals surface area contributed by atoms with Gasteiger partial charge in [0, 0.05) is 5.33 Å². The minimum atomic E-state index is -4.83. The highest BCUT2D eigenvalue weighted by Crippen LogP contribution is 2.28. The lowest BCUT2D eigenvalue weighted by Crippen LogP contribution is -2.25. The molecule has 8 nitrogen and oxygen atoms in total. The molecule has 0 fully saturated rings. The Kier molecular flexibility index (Phi) is 6.14. The van der Waals surface area contributed by atoms with Crippen molar-refractivity contribution >= 4 is 63.7 Å². The summed E-state index contributed by atoms with van der Waals surface area (Å²) in [6.07, 6.45) is 0. The number of anilines is 1. The van der Waals surface area contributed by atoms with E-state index in [0.717, 1.165) is 6.07 Å². The third-order valence-electron chi connectivity index (χ3n) is 2.51. The first-order chi connectivity index (χ1) is 9.87. The summed E-state index contributed by atoms with van der Waals surface area (Å²) in [4.78, 5) is 9.58. The van der Waals surface area contributed by atoms with E-state index in [1.807, 2.05) is 0 Å². The second-order valence-corrected chi connectivity index (χ2v) is 8.71. The number of benzene rings is 1. The van der Waals surface area contributed by atoms with E-state index < -0.39 is 40.8 Å². The van der Waals surface area contributed by atoms with Crippen LogP contribution in [0.15, 0.2) is 21.9 Å². The molecule has 0 aliphatic carbocycles. The second-order valence-electron chi connectivity index (χ2n) is 4.18. The molecule has 1 unspecified atom stereocenters. The first-order valence-corrected chi connectivity index (χ1v) is 10.4. The molecule has 0 radical (unpaired) electrons. The van der Waals surface area contributed by atoms with Crippen molar-refractivity contribution in [3.8, 4) is 0 Å². The summed E-state index contributed by atoms with van der Waals surface area (Å²) in [5.74, 6) is -0.610. The number of carbonyl (C=O) groups is 1. The van der Waals surface area contributed by atoms with Gasteiger partial charge in [-0.1, -0.05) is 31.9 Å². The van der Waals surface area contributed by atoms with E-state index >= 15 is 0 Å². The Hall–Kier alpha value is -0.530. The van der Waals surface area contributed by atoms with Crippen LogP contribution in [0.3, 0.4) is 0 Å². The van der Waals surface area contributed by atoms with Gasteiger partial charge in [0.15, 0.2) is 0 Å². The third kappa shape index (κ3) is 4.73. The van der Waals surface area contributed by atoms with Crippen LogP contribution in [-0.2, 0) is 25.0 Å². The summed E-state index contributed by atoms with van der Waals surface area (Å²) in [6.45, 7) is 1.29. The van der Waals surface area contributed by atoms with Crippen molar-refractivity contribution in [2.45, 2.75) is 21.5 Å². The number of hydrogen-bond donors (Lipinski definition) is 3. The van der Waals surface area contributed by atoms with Crippen LogP contribution in [0.1, 0.15) is 5.56 Å². The van der Waals surface area contributed by atoms with Crippen molar-refractivity contribution in [1.29, 1.82) is 0 Å². The summed E-state index contributed by atoms with van der Waals surface area (Å²) in [6, 6.07) is 1.60. The predicted octanol–water partition coefficient (Wildman–Crippen LogP) is 1.59. The van der Waals surface area contributed by atoms with Crippen LogP contribution in [-0.4, -0.2) is 42.0 Å². The van der Waals surface area contributed by atoms with Crippen molar-refractivity contribution in [2.24, 2.45) is 0 Å². The van der Waals surface area contributed by atoms with Crippen molar-refractivity contribution in [3.05, 3.63) is 17.7 Å². The first kappa shape index (κ1) is 19.5. The van der Waals surface area contributed by atoms with Crippen LogP contribution < -0.4 is 5.32 Å². The number of amides is 1. The summed E-state index contributed by atoms with van der Waals surface area (Å²) < 4.78 is 63.4. The van der Waals surface area contributed by atoms with Crippen LogP contribution >= 0.6 is 31.9 Å². The smallest absolute Gasteiger partial charge is 0.296 e. The standard InChI is InChI=1S/C10H11Br2NO7S2/c1-5-2-7(13-10(14)6(12)4-11)9(22(18,19)20)3-8(5)21(15,16)17/h2-3,6H,4H2,1H3,(H,13,14)(H,15,16,17)(H,18,19,20). The molecule has 0 spiro atoms. The minimum absolute atomic E-state index is 0.00448. The zero-order valence-electron chi connectivity index (χ0n) is 10.9. The van der Waals surface area contributed by atoms with Crippen molar-refractivity contribution in [1.82, 2.24) is 0 Å². The van der Waals surface area contributed by atoms with E-state index in [9.17, 15) is 26.2 Å². The number of carbonyl (C=O) groups excluding carboxylic acids is 1. The third-order valence-corrected chi connectivity index (χ3v) is 6.66. The number of nitrogens with one attached hydrogen (secondary N) is 1. The summed E-state index contributed by atoms with van der Waals surface area (Å²) in [5, 5.41) is 2.49. The van der Waals surface area contributed by atoms with Gasteiger partial charge < -0.3 is 5.32 Å². The van der Waals surface area contributed by atoms with E-state index in [4.69, 9.17) is 4.55 Å². The highest BCUT2D eigenvalue weighted by atomic mass is 79.9. The maximum atomic E-state index is 11.8. The van der Waals surface area contributed by atoms with E-state index in [-0.39, 0.29) is 16.6 Å². The van der Waals surface area contributed by atoms with Gasteiger partial charge in [-0.15, -0.1) is 0 Å². The van der Waals surface area contributed by atoms with Crippen molar-refractivity contribution in [2.75, 3.05) is 10.6 Å². The maximum Gasteiger partial charge on any atom is 0.296 e. The second kappa shape index (κ2) is 6.93. The lowest BCUT2D eigenvalue weighted by Gasteiger charge is -2.14. The van der Waals surface area contributed by atoms with E-state index in [1.54, 1.807) is 0 Å². The van der Waals surface area contributed by atoms with Crippen LogP contribution in [0, 0.1) is 6.92 Å². The topological polar surface area (TPSA) is 138 Å². The van der Waals surface area contributed by atoms with Crippen LogP contribution in [0.2, 0.25) is 0 Å². The summed E-state index contributed by atoms with van der Waals surface area (Å²) in [5.41, 5.74) is -0.307. The van der Waals surface area contributed by atoms with Gasteiger partial charge >= 0.3 is 0 Å². The quantitative estimate of drug-likeness (QED) is 0.429. The Bertz CT molecular complexity index is 805. The number of halogens is 2. The number of alkyl halides is 2. The van der Waals surface area contributed by atoms with Gasteiger partial charge in [0.1, 0.15) is 9.72 Å². The molecular formula is C10H11Br2NO7S2. The highest BCUT2D eigenvalue weighted by molar-refractivity contribution is 9.12. The maximum absolute atomic E-state index is 11.8. The monoisotopic (exact) mass is 479 g/mol. The van der Waals surface area contributed by atoms with Gasteiger partial charge in [0.05, 0.1) is 10.6 Å². The molecular weight excluding hydrogens is 470 g/mol. The Balaban J connectivity index is 3.53. The molecule has 0 aliphatic rings. The van der Waals surface area contributed by atoms with Gasteiger partial charge in [0.2, 0.25) is 5.91 Å². The highest BCUT2D eigenvalue weighted by Gasteiger charge is 2.25. The molecule has 1 aromatic rings. The normalized spacial score (nSPS) is 13.7. The molecule has 1 rings (SSSR count). The Morgan fingerprint density at radius 1 is 1.18 bits per heavy atom. The van der Waals surface area contributed by atoms with E-state index in [1.165, 1.54) is 6.92 Å². The van der Waals surface area contributed by atoms with Crippen LogP contribution in [0.5, 0.6) is 0 Å². The largest absolute Gasteiger partial charge is 0.324 e. The lowest BCUT2D eigenvalue weighted by molar-refractivity contribution is -0.115. The van der Waals surface area contributed by atoms with Gasteiger partial charge in [-0.05, 0) is 24.6 Å². The fourth-order valence-corrected chi connectivity index (χ4v) is 3.41. The Morgan fingerprint density at radius 3 is 2.09 bits per heavy atom. The fourth-order valence-electron chi connectivity index (χ4n) is 1.54. The molecule has 22 heavy (non-hydrogen) atoms. The Labute approximate surface area is 144 Å². The summed E-state index contributed by atoms with van der Waals surface area (Å²) >= 11 is 6.08.